The van der Waals surface area contributed by atoms with Crippen LogP contribution in [-0.2, 0) is 4.79 Å². The number of carboxylic acids is 1. The molecule has 1 rings (SSSR count). The summed E-state index contributed by atoms with van der Waals surface area (Å²) in [6.07, 6.45) is -0.246. The number of hydrogen-bond donors (Lipinski definition) is 3. The van der Waals surface area contributed by atoms with E-state index in [-0.39, 0.29) is 17.7 Å². The molecule has 0 amide bonds. The molecule has 0 aliphatic heterocycles. The number of para-hydroxylation sites is 1. The summed E-state index contributed by atoms with van der Waals surface area (Å²) in [7, 11) is 0. The Morgan fingerprint density at radius 3 is 2.38 bits per heavy atom. The molecule has 1 aromatic rings. The van der Waals surface area contributed by atoms with Crippen molar-refractivity contribution in [1.82, 2.24) is 0 Å². The fourth-order valence-electron chi connectivity index (χ4n) is 1.15. The van der Waals surface area contributed by atoms with Gasteiger partial charge >= 0.3 is 5.97 Å². The summed E-state index contributed by atoms with van der Waals surface area (Å²) < 4.78 is 0. The lowest BCUT2D eigenvalue weighted by molar-refractivity contribution is -0.138. The highest BCUT2D eigenvalue weighted by atomic mass is 16.4. The minimum absolute atomic E-state index is 0. The van der Waals surface area contributed by atoms with Crippen LogP contribution in [-0.4, -0.2) is 28.4 Å². The second-order valence-corrected chi connectivity index (χ2v) is 3.16. The molecule has 0 bridgehead atoms. The Morgan fingerprint density at radius 2 is 1.88 bits per heavy atom. The first kappa shape index (κ1) is 14.1. The minimum atomic E-state index is -1.20. The average Bonchev–Trinajstić information content (AvgIpc) is 2.18. The highest BCUT2D eigenvalue weighted by Gasteiger charge is 2.18. The molecule has 1 aromatic carbocycles. The fraction of sp³-hybridized carbons (Fsp3) is 0.200. The number of ketones is 1. The van der Waals surface area contributed by atoms with Crippen LogP contribution in [0.15, 0.2) is 24.3 Å². The van der Waals surface area contributed by atoms with Gasteiger partial charge in [-0.1, -0.05) is 12.1 Å². The van der Waals surface area contributed by atoms with Crippen molar-refractivity contribution in [2.24, 2.45) is 5.73 Å². The van der Waals surface area contributed by atoms with Crippen molar-refractivity contribution in [1.29, 1.82) is 0 Å². The van der Waals surface area contributed by atoms with E-state index in [2.05, 4.69) is 0 Å². The predicted octanol–water partition coefficient (Wildman–Crippen LogP) is -0.571. The van der Waals surface area contributed by atoms with Gasteiger partial charge in [0.05, 0.1) is 0 Å². The smallest absolute Gasteiger partial charge is 0.320 e. The molecule has 1 atom stereocenters. The van der Waals surface area contributed by atoms with Gasteiger partial charge in [0.25, 0.3) is 0 Å². The lowest BCUT2D eigenvalue weighted by Crippen LogP contribution is -2.32. The number of Topliss-reactive ketones (excluding diaryl/α,β-unsaturated/α-hetero) is 1. The van der Waals surface area contributed by atoms with Crippen LogP contribution in [0.5, 0.6) is 0 Å². The lowest BCUT2D eigenvalue weighted by atomic mass is 10.0. The number of nitrogens with two attached hydrogens (primary N) is 2. The number of aliphatic carboxylic acids is 1. The summed E-state index contributed by atoms with van der Waals surface area (Å²) >= 11 is 0. The van der Waals surface area contributed by atoms with E-state index >= 15 is 0 Å². The maximum absolute atomic E-state index is 11.6. The number of rotatable bonds is 4. The van der Waals surface area contributed by atoms with Gasteiger partial charge in [-0.15, -0.1) is 0 Å². The van der Waals surface area contributed by atoms with E-state index in [0.717, 1.165) is 0 Å². The van der Waals surface area contributed by atoms with Gasteiger partial charge in [0.1, 0.15) is 6.04 Å². The third-order valence-corrected chi connectivity index (χ3v) is 1.98. The summed E-state index contributed by atoms with van der Waals surface area (Å²) in [6.45, 7) is 0. The molecule has 7 N–H and O–H groups in total. The van der Waals surface area contributed by atoms with E-state index < -0.39 is 12.0 Å². The number of hydrogen-bond acceptors (Lipinski definition) is 4. The number of carboxylic acid groups (broad SMARTS) is 1. The Labute approximate surface area is 92.2 Å². The van der Waals surface area contributed by atoms with Crippen molar-refractivity contribution >= 4 is 17.4 Å². The quantitative estimate of drug-likeness (QED) is 0.466. The minimum Gasteiger partial charge on any atom is -0.480 e. The standard InChI is InChI=1S/C10H12N2O3.H2O/c11-7-4-2-1-3-6(7)9(13)5-8(12)10(14)15;/h1-4,8H,5,11-12H2,(H,14,15);1H2/t8-;/m0./s1. The molecule has 88 valence electrons. The van der Waals surface area contributed by atoms with Gasteiger partial charge in [0, 0.05) is 17.7 Å². The first-order valence-corrected chi connectivity index (χ1v) is 4.38. The van der Waals surface area contributed by atoms with E-state index in [9.17, 15) is 9.59 Å². The Kier molecular flexibility index (Phi) is 5.14. The van der Waals surface area contributed by atoms with Gasteiger partial charge in [-0.3, -0.25) is 9.59 Å². The van der Waals surface area contributed by atoms with Crippen LogP contribution >= 0.6 is 0 Å². The summed E-state index contributed by atoms with van der Waals surface area (Å²) in [5.41, 5.74) is 11.5. The second-order valence-electron chi connectivity index (χ2n) is 3.16. The van der Waals surface area contributed by atoms with Gasteiger partial charge in [-0.25, -0.2) is 0 Å². The molecular formula is C10H14N2O4. The number of nitrogen functional groups attached to an aromatic ring is 1. The van der Waals surface area contributed by atoms with Gasteiger partial charge < -0.3 is 22.1 Å². The molecule has 0 unspecified atom stereocenters. The molecule has 6 heteroatoms. The van der Waals surface area contributed by atoms with E-state index in [1.165, 1.54) is 0 Å². The van der Waals surface area contributed by atoms with E-state index in [0.29, 0.717) is 11.3 Å². The molecular weight excluding hydrogens is 212 g/mol. The monoisotopic (exact) mass is 226 g/mol. The van der Waals surface area contributed by atoms with Crippen molar-refractivity contribution < 1.29 is 20.2 Å². The zero-order valence-corrected chi connectivity index (χ0v) is 8.51. The molecule has 0 fully saturated rings. The molecule has 0 aliphatic rings. The van der Waals surface area contributed by atoms with Crippen molar-refractivity contribution in [3.63, 3.8) is 0 Å². The van der Waals surface area contributed by atoms with Gasteiger partial charge in [0.2, 0.25) is 0 Å². The van der Waals surface area contributed by atoms with Crippen LogP contribution in [0.25, 0.3) is 0 Å². The molecule has 0 aliphatic carbocycles. The maximum Gasteiger partial charge on any atom is 0.320 e. The molecule has 0 saturated heterocycles. The SMILES string of the molecule is Nc1ccccc1C(=O)C[C@H](N)C(=O)O.O. The number of carbonyl (C=O) groups excluding carboxylic acids is 1. The Hall–Kier alpha value is -1.92. The number of carbonyl (C=O) groups is 2. The van der Waals surface area contributed by atoms with Crippen LogP contribution in [0, 0.1) is 0 Å². The zero-order valence-electron chi connectivity index (χ0n) is 8.51. The van der Waals surface area contributed by atoms with Crippen molar-refractivity contribution in [2.45, 2.75) is 12.5 Å². The van der Waals surface area contributed by atoms with Gasteiger partial charge in [-0.05, 0) is 12.1 Å². The van der Waals surface area contributed by atoms with Crippen molar-refractivity contribution in [3.8, 4) is 0 Å². The lowest BCUT2D eigenvalue weighted by Gasteiger charge is -2.07. The summed E-state index contributed by atoms with van der Waals surface area (Å²) in [6, 6.07) is 5.31. The van der Waals surface area contributed by atoms with Crippen LogP contribution < -0.4 is 11.5 Å². The van der Waals surface area contributed by atoms with Gasteiger partial charge in [-0.2, -0.15) is 0 Å². The highest BCUT2D eigenvalue weighted by molar-refractivity contribution is 6.02. The number of anilines is 1. The van der Waals surface area contributed by atoms with Crippen LogP contribution in [0.4, 0.5) is 5.69 Å². The molecule has 0 aromatic heterocycles. The third-order valence-electron chi connectivity index (χ3n) is 1.98. The summed E-state index contributed by atoms with van der Waals surface area (Å²) in [5.74, 6) is -1.55. The van der Waals surface area contributed by atoms with Crippen molar-refractivity contribution in [2.75, 3.05) is 5.73 Å². The first-order chi connectivity index (χ1) is 7.02. The van der Waals surface area contributed by atoms with Crippen LogP contribution in [0.1, 0.15) is 16.8 Å². The topological polar surface area (TPSA) is 138 Å². The fourth-order valence-corrected chi connectivity index (χ4v) is 1.15. The molecule has 0 saturated carbocycles. The first-order valence-electron chi connectivity index (χ1n) is 4.38. The molecule has 0 radical (unpaired) electrons. The van der Waals surface area contributed by atoms with E-state index in [1.807, 2.05) is 0 Å². The van der Waals surface area contributed by atoms with Gasteiger partial charge in [0.15, 0.2) is 5.78 Å². The molecule has 6 nitrogen and oxygen atoms in total. The van der Waals surface area contributed by atoms with E-state index in [4.69, 9.17) is 16.6 Å². The highest BCUT2D eigenvalue weighted by Crippen LogP contribution is 2.13. The Bertz CT molecular complexity index is 392. The Morgan fingerprint density at radius 1 is 1.31 bits per heavy atom. The zero-order chi connectivity index (χ0) is 11.4. The largest absolute Gasteiger partial charge is 0.480 e. The molecule has 16 heavy (non-hydrogen) atoms. The average molecular weight is 226 g/mol. The predicted molar refractivity (Wildman–Crippen MR) is 59.0 cm³/mol. The van der Waals surface area contributed by atoms with Crippen molar-refractivity contribution in [3.05, 3.63) is 29.8 Å². The Balaban J connectivity index is 0.00000225. The normalized spacial score (nSPS) is 11.3. The maximum atomic E-state index is 11.6. The second kappa shape index (κ2) is 5.84. The van der Waals surface area contributed by atoms with E-state index in [1.54, 1.807) is 24.3 Å². The molecule has 0 heterocycles. The summed E-state index contributed by atoms with van der Waals surface area (Å²) in [4.78, 5) is 22.0. The molecule has 0 spiro atoms. The summed E-state index contributed by atoms with van der Waals surface area (Å²) in [5, 5.41) is 8.54. The number of benzene rings is 1. The third kappa shape index (κ3) is 3.34. The van der Waals surface area contributed by atoms with Crippen LogP contribution in [0.2, 0.25) is 0 Å². The van der Waals surface area contributed by atoms with Crippen LogP contribution in [0.3, 0.4) is 0 Å².